The second-order valence-corrected chi connectivity index (χ2v) is 4.13. The molecule has 1 aromatic rings. The van der Waals surface area contributed by atoms with E-state index in [0.29, 0.717) is 0 Å². The van der Waals surface area contributed by atoms with Crippen LogP contribution in [0.4, 0.5) is 0 Å². The minimum absolute atomic E-state index is 0.897. The zero-order valence-electron chi connectivity index (χ0n) is 9.41. The van der Waals surface area contributed by atoms with Crippen LogP contribution in [-0.2, 0) is 11.2 Å². The molecule has 1 aromatic carbocycles. The molecule has 0 N–H and O–H groups in total. The second-order valence-electron chi connectivity index (χ2n) is 4.13. The van der Waals surface area contributed by atoms with E-state index < -0.39 is 0 Å². The number of aryl methyl sites for hydroxylation is 1. The minimum atomic E-state index is 0.897. The maximum atomic E-state index is 5.33. The third kappa shape index (κ3) is 3.05. The van der Waals surface area contributed by atoms with Crippen molar-refractivity contribution in [3.05, 3.63) is 35.4 Å². The highest BCUT2D eigenvalue weighted by atomic mass is 16.5. The Balaban J connectivity index is 1.84. The molecule has 0 amide bonds. The minimum Gasteiger partial charge on any atom is -0.379 e. The van der Waals surface area contributed by atoms with Gasteiger partial charge >= 0.3 is 0 Å². The summed E-state index contributed by atoms with van der Waals surface area (Å²) < 4.78 is 5.33. The van der Waals surface area contributed by atoms with Crippen LogP contribution in [-0.4, -0.2) is 37.7 Å². The van der Waals surface area contributed by atoms with E-state index in [0.717, 1.165) is 39.3 Å². The molecule has 0 aromatic heterocycles. The number of nitrogens with zero attached hydrogens (tertiary/aromatic N) is 1. The molecule has 2 nitrogen and oxygen atoms in total. The molecule has 15 heavy (non-hydrogen) atoms. The standard InChI is InChI=1S/C13H19NO/c1-12-4-2-3-5-13(12)6-7-14-8-10-15-11-9-14/h2-5H,6-11H2,1H3. The lowest BCUT2D eigenvalue weighted by Crippen LogP contribution is -2.37. The van der Waals surface area contributed by atoms with Crippen molar-refractivity contribution in [2.75, 3.05) is 32.8 Å². The Labute approximate surface area is 91.9 Å². The summed E-state index contributed by atoms with van der Waals surface area (Å²) in [6.45, 7) is 7.32. The van der Waals surface area contributed by atoms with E-state index in [1.807, 2.05) is 0 Å². The van der Waals surface area contributed by atoms with Crippen molar-refractivity contribution in [3.63, 3.8) is 0 Å². The van der Waals surface area contributed by atoms with Gasteiger partial charge in [-0.25, -0.2) is 0 Å². The Morgan fingerprint density at radius 3 is 2.67 bits per heavy atom. The molecule has 0 atom stereocenters. The van der Waals surface area contributed by atoms with Gasteiger partial charge in [0.1, 0.15) is 0 Å². The van der Waals surface area contributed by atoms with Gasteiger partial charge in [-0.1, -0.05) is 24.3 Å². The average Bonchev–Trinajstić information content (AvgIpc) is 2.29. The first kappa shape index (κ1) is 10.7. The lowest BCUT2D eigenvalue weighted by molar-refractivity contribution is 0.0384. The molecule has 1 heterocycles. The quantitative estimate of drug-likeness (QED) is 0.747. The summed E-state index contributed by atoms with van der Waals surface area (Å²) in [6.07, 6.45) is 1.16. The fraction of sp³-hybridized carbons (Fsp3) is 0.538. The summed E-state index contributed by atoms with van der Waals surface area (Å²) in [5.41, 5.74) is 2.88. The predicted molar refractivity (Wildman–Crippen MR) is 62.1 cm³/mol. The summed E-state index contributed by atoms with van der Waals surface area (Å²) in [4.78, 5) is 2.48. The number of hydrogen-bond donors (Lipinski definition) is 0. The van der Waals surface area contributed by atoms with E-state index in [-0.39, 0.29) is 0 Å². The molecule has 1 aliphatic heterocycles. The average molecular weight is 205 g/mol. The number of ether oxygens (including phenoxy) is 1. The number of morpholine rings is 1. The summed E-state index contributed by atoms with van der Waals surface area (Å²) in [5, 5.41) is 0. The lowest BCUT2D eigenvalue weighted by Gasteiger charge is -2.26. The smallest absolute Gasteiger partial charge is 0.0594 e. The Bertz CT molecular complexity index is 305. The van der Waals surface area contributed by atoms with Crippen molar-refractivity contribution < 1.29 is 4.74 Å². The van der Waals surface area contributed by atoms with Crippen LogP contribution in [0.25, 0.3) is 0 Å². The van der Waals surface area contributed by atoms with Gasteiger partial charge in [-0.3, -0.25) is 4.90 Å². The van der Waals surface area contributed by atoms with Crippen molar-refractivity contribution in [3.8, 4) is 0 Å². The monoisotopic (exact) mass is 205 g/mol. The number of benzene rings is 1. The molecule has 0 unspecified atom stereocenters. The molecule has 82 valence electrons. The second kappa shape index (κ2) is 5.29. The summed E-state index contributed by atoms with van der Waals surface area (Å²) in [6, 6.07) is 8.65. The Morgan fingerprint density at radius 2 is 1.93 bits per heavy atom. The van der Waals surface area contributed by atoms with Crippen LogP contribution in [0.5, 0.6) is 0 Å². The SMILES string of the molecule is Cc1ccccc1CCN1CCOCC1. The van der Waals surface area contributed by atoms with Gasteiger partial charge < -0.3 is 4.74 Å². The maximum Gasteiger partial charge on any atom is 0.0594 e. The van der Waals surface area contributed by atoms with E-state index in [4.69, 9.17) is 4.74 Å². The van der Waals surface area contributed by atoms with Crippen LogP contribution in [0.3, 0.4) is 0 Å². The zero-order chi connectivity index (χ0) is 10.5. The van der Waals surface area contributed by atoms with Gasteiger partial charge in [0.2, 0.25) is 0 Å². The highest BCUT2D eigenvalue weighted by Crippen LogP contribution is 2.09. The van der Waals surface area contributed by atoms with Gasteiger partial charge in [-0.15, -0.1) is 0 Å². The van der Waals surface area contributed by atoms with Crippen LogP contribution >= 0.6 is 0 Å². The zero-order valence-corrected chi connectivity index (χ0v) is 9.41. The van der Waals surface area contributed by atoms with Gasteiger partial charge in [0.25, 0.3) is 0 Å². The first-order valence-corrected chi connectivity index (χ1v) is 5.71. The fourth-order valence-electron chi connectivity index (χ4n) is 1.99. The summed E-state index contributed by atoms with van der Waals surface area (Å²) in [5.74, 6) is 0. The van der Waals surface area contributed by atoms with Crippen LogP contribution in [0, 0.1) is 6.92 Å². The van der Waals surface area contributed by atoms with Crippen LogP contribution in [0.1, 0.15) is 11.1 Å². The molecule has 2 heteroatoms. The molecular formula is C13H19NO. The molecule has 0 bridgehead atoms. The third-order valence-electron chi connectivity index (χ3n) is 3.06. The van der Waals surface area contributed by atoms with Crippen molar-refractivity contribution in [1.29, 1.82) is 0 Å². The van der Waals surface area contributed by atoms with Crippen molar-refractivity contribution >= 4 is 0 Å². The van der Waals surface area contributed by atoms with E-state index in [1.165, 1.54) is 11.1 Å². The predicted octanol–water partition coefficient (Wildman–Crippen LogP) is 1.87. The molecule has 0 radical (unpaired) electrons. The highest BCUT2D eigenvalue weighted by Gasteiger charge is 2.09. The van der Waals surface area contributed by atoms with Crippen molar-refractivity contribution in [2.45, 2.75) is 13.3 Å². The molecule has 0 spiro atoms. The molecule has 0 saturated carbocycles. The maximum absolute atomic E-state index is 5.33. The van der Waals surface area contributed by atoms with E-state index in [2.05, 4.69) is 36.1 Å². The lowest BCUT2D eigenvalue weighted by atomic mass is 10.1. The summed E-state index contributed by atoms with van der Waals surface area (Å²) in [7, 11) is 0. The normalized spacial score (nSPS) is 17.9. The fourth-order valence-corrected chi connectivity index (χ4v) is 1.99. The van der Waals surface area contributed by atoms with Gasteiger partial charge in [0.05, 0.1) is 13.2 Å². The molecule has 1 saturated heterocycles. The number of hydrogen-bond acceptors (Lipinski definition) is 2. The molecule has 0 aliphatic carbocycles. The number of rotatable bonds is 3. The van der Waals surface area contributed by atoms with Gasteiger partial charge in [-0.05, 0) is 24.5 Å². The molecule has 2 rings (SSSR count). The largest absolute Gasteiger partial charge is 0.379 e. The van der Waals surface area contributed by atoms with Gasteiger partial charge in [-0.2, -0.15) is 0 Å². The highest BCUT2D eigenvalue weighted by molar-refractivity contribution is 5.25. The van der Waals surface area contributed by atoms with Crippen molar-refractivity contribution in [2.24, 2.45) is 0 Å². The first-order valence-electron chi connectivity index (χ1n) is 5.71. The molecule has 1 aliphatic rings. The molecule has 1 fully saturated rings. The van der Waals surface area contributed by atoms with E-state index >= 15 is 0 Å². The molecular weight excluding hydrogens is 186 g/mol. The third-order valence-corrected chi connectivity index (χ3v) is 3.06. The van der Waals surface area contributed by atoms with Crippen LogP contribution in [0.15, 0.2) is 24.3 Å². The van der Waals surface area contributed by atoms with E-state index in [9.17, 15) is 0 Å². The summed E-state index contributed by atoms with van der Waals surface area (Å²) >= 11 is 0. The van der Waals surface area contributed by atoms with Crippen LogP contribution in [0.2, 0.25) is 0 Å². The Hall–Kier alpha value is -0.860. The van der Waals surface area contributed by atoms with Crippen molar-refractivity contribution in [1.82, 2.24) is 4.90 Å². The topological polar surface area (TPSA) is 12.5 Å². The van der Waals surface area contributed by atoms with Crippen LogP contribution < -0.4 is 0 Å². The Morgan fingerprint density at radius 1 is 1.20 bits per heavy atom. The van der Waals surface area contributed by atoms with Gasteiger partial charge in [0.15, 0.2) is 0 Å². The van der Waals surface area contributed by atoms with E-state index in [1.54, 1.807) is 0 Å². The first-order chi connectivity index (χ1) is 7.36. The Kier molecular flexibility index (Phi) is 3.75. The van der Waals surface area contributed by atoms with Gasteiger partial charge in [0, 0.05) is 19.6 Å².